The summed E-state index contributed by atoms with van der Waals surface area (Å²) in [6.45, 7) is 4.12. The molecule has 2 atom stereocenters. The lowest BCUT2D eigenvalue weighted by atomic mass is 9.90. The van der Waals surface area contributed by atoms with E-state index in [-0.39, 0.29) is 6.10 Å². The molecule has 0 radical (unpaired) electrons. The number of hydrogen-bond donors (Lipinski definition) is 2. The average Bonchev–Trinajstić information content (AvgIpc) is 2.31. The number of nitrogens with one attached hydrogen (secondary N) is 1. The van der Waals surface area contributed by atoms with Crippen molar-refractivity contribution in [3.05, 3.63) is 35.9 Å². The monoisotopic (exact) mass is 221 g/mol. The van der Waals surface area contributed by atoms with E-state index in [4.69, 9.17) is 4.74 Å². The Morgan fingerprint density at radius 2 is 2.19 bits per heavy atom. The zero-order chi connectivity index (χ0) is 11.4. The Bertz CT molecular complexity index is 318. The lowest BCUT2D eigenvalue weighted by Gasteiger charge is -2.35. The van der Waals surface area contributed by atoms with Crippen molar-refractivity contribution in [2.45, 2.75) is 25.0 Å². The SMILES string of the molecule is CC(O)(Cc1ccccc1)C1CNCCO1. The Morgan fingerprint density at radius 3 is 2.81 bits per heavy atom. The van der Waals surface area contributed by atoms with E-state index in [1.807, 2.05) is 37.3 Å². The van der Waals surface area contributed by atoms with Gasteiger partial charge in [-0.3, -0.25) is 0 Å². The summed E-state index contributed by atoms with van der Waals surface area (Å²) < 4.78 is 5.60. The second kappa shape index (κ2) is 4.95. The van der Waals surface area contributed by atoms with Crippen LogP contribution >= 0.6 is 0 Å². The van der Waals surface area contributed by atoms with Gasteiger partial charge < -0.3 is 15.2 Å². The highest BCUT2D eigenvalue weighted by Crippen LogP contribution is 2.20. The van der Waals surface area contributed by atoms with Gasteiger partial charge in [0.05, 0.1) is 18.3 Å². The second-order valence-electron chi connectivity index (χ2n) is 4.58. The predicted octanol–water partition coefficient (Wildman–Crippen LogP) is 0.968. The minimum atomic E-state index is -0.811. The first kappa shape index (κ1) is 11.6. The third-order valence-corrected chi connectivity index (χ3v) is 3.03. The Hall–Kier alpha value is -0.900. The van der Waals surface area contributed by atoms with E-state index in [9.17, 15) is 5.11 Å². The van der Waals surface area contributed by atoms with Crippen molar-refractivity contribution in [3.8, 4) is 0 Å². The summed E-state index contributed by atoms with van der Waals surface area (Å²) >= 11 is 0. The molecule has 0 aliphatic carbocycles. The number of morpholine rings is 1. The lowest BCUT2D eigenvalue weighted by molar-refractivity contribution is -0.108. The number of aliphatic hydroxyl groups is 1. The van der Waals surface area contributed by atoms with Crippen LogP contribution in [0.4, 0.5) is 0 Å². The maximum absolute atomic E-state index is 10.4. The predicted molar refractivity (Wildman–Crippen MR) is 63.4 cm³/mol. The summed E-state index contributed by atoms with van der Waals surface area (Å²) in [5.41, 5.74) is 0.330. The summed E-state index contributed by atoms with van der Waals surface area (Å²) in [6, 6.07) is 10.0. The molecule has 0 spiro atoms. The normalized spacial score (nSPS) is 25.0. The van der Waals surface area contributed by atoms with Gasteiger partial charge in [0.15, 0.2) is 0 Å². The van der Waals surface area contributed by atoms with Crippen molar-refractivity contribution in [3.63, 3.8) is 0 Å². The number of rotatable bonds is 3. The van der Waals surface area contributed by atoms with Gasteiger partial charge in [-0.15, -0.1) is 0 Å². The molecule has 2 unspecified atom stereocenters. The lowest BCUT2D eigenvalue weighted by Crippen LogP contribution is -2.52. The maximum atomic E-state index is 10.4. The molecule has 0 bridgehead atoms. The third kappa shape index (κ3) is 2.82. The van der Waals surface area contributed by atoms with Crippen molar-refractivity contribution >= 4 is 0 Å². The van der Waals surface area contributed by atoms with Crippen LogP contribution in [-0.2, 0) is 11.2 Å². The van der Waals surface area contributed by atoms with Crippen LogP contribution in [0, 0.1) is 0 Å². The fraction of sp³-hybridized carbons (Fsp3) is 0.538. The van der Waals surface area contributed by atoms with Gasteiger partial charge in [0, 0.05) is 19.5 Å². The first-order valence-electron chi connectivity index (χ1n) is 5.77. The standard InChI is InChI=1S/C13H19NO2/c1-13(15,12-10-14-7-8-16-12)9-11-5-3-2-4-6-11/h2-6,12,14-15H,7-10H2,1H3. The molecule has 0 saturated carbocycles. The molecule has 88 valence electrons. The Labute approximate surface area is 96.4 Å². The number of ether oxygens (including phenoxy) is 1. The molecule has 1 heterocycles. The zero-order valence-corrected chi connectivity index (χ0v) is 9.65. The Morgan fingerprint density at radius 1 is 1.44 bits per heavy atom. The van der Waals surface area contributed by atoms with Gasteiger partial charge in [-0.1, -0.05) is 30.3 Å². The van der Waals surface area contributed by atoms with Gasteiger partial charge in [0.2, 0.25) is 0 Å². The van der Waals surface area contributed by atoms with Crippen LogP contribution in [0.15, 0.2) is 30.3 Å². The fourth-order valence-corrected chi connectivity index (χ4v) is 2.09. The van der Waals surface area contributed by atoms with Gasteiger partial charge in [0.1, 0.15) is 0 Å². The van der Waals surface area contributed by atoms with E-state index >= 15 is 0 Å². The van der Waals surface area contributed by atoms with E-state index in [0.717, 1.165) is 18.7 Å². The van der Waals surface area contributed by atoms with Crippen LogP contribution in [0.3, 0.4) is 0 Å². The van der Waals surface area contributed by atoms with E-state index in [1.165, 1.54) is 0 Å². The molecule has 1 aromatic rings. The van der Waals surface area contributed by atoms with Gasteiger partial charge in [0.25, 0.3) is 0 Å². The highest BCUT2D eigenvalue weighted by molar-refractivity contribution is 5.17. The Balaban J connectivity index is 2.01. The molecule has 1 fully saturated rings. The molecule has 1 aliphatic heterocycles. The molecule has 0 aromatic heterocycles. The van der Waals surface area contributed by atoms with Gasteiger partial charge >= 0.3 is 0 Å². The molecule has 3 nitrogen and oxygen atoms in total. The van der Waals surface area contributed by atoms with Crippen LogP contribution in [0.2, 0.25) is 0 Å². The van der Waals surface area contributed by atoms with Crippen molar-refractivity contribution in [2.75, 3.05) is 19.7 Å². The summed E-state index contributed by atoms with van der Waals surface area (Å²) in [5.74, 6) is 0. The molecule has 1 saturated heterocycles. The molecule has 3 heteroatoms. The molecule has 1 aliphatic rings. The highest BCUT2D eigenvalue weighted by Gasteiger charge is 2.33. The van der Waals surface area contributed by atoms with E-state index in [0.29, 0.717) is 13.0 Å². The van der Waals surface area contributed by atoms with Crippen LogP contribution in [0.25, 0.3) is 0 Å². The molecule has 1 aromatic carbocycles. The van der Waals surface area contributed by atoms with Crippen molar-refractivity contribution in [2.24, 2.45) is 0 Å². The van der Waals surface area contributed by atoms with Crippen LogP contribution in [0.5, 0.6) is 0 Å². The van der Waals surface area contributed by atoms with E-state index in [2.05, 4.69) is 5.32 Å². The minimum absolute atomic E-state index is 0.124. The van der Waals surface area contributed by atoms with E-state index in [1.54, 1.807) is 0 Å². The minimum Gasteiger partial charge on any atom is -0.387 e. The molecule has 0 amide bonds. The summed E-state index contributed by atoms with van der Waals surface area (Å²) in [6.07, 6.45) is 0.502. The van der Waals surface area contributed by atoms with Crippen LogP contribution in [-0.4, -0.2) is 36.5 Å². The average molecular weight is 221 g/mol. The fourth-order valence-electron chi connectivity index (χ4n) is 2.09. The maximum Gasteiger partial charge on any atom is 0.0987 e. The molecule has 2 N–H and O–H groups in total. The van der Waals surface area contributed by atoms with Crippen molar-refractivity contribution < 1.29 is 9.84 Å². The number of hydrogen-bond acceptors (Lipinski definition) is 3. The van der Waals surface area contributed by atoms with Crippen molar-refractivity contribution in [1.82, 2.24) is 5.32 Å². The topological polar surface area (TPSA) is 41.5 Å². The largest absolute Gasteiger partial charge is 0.387 e. The summed E-state index contributed by atoms with van der Waals surface area (Å²) in [4.78, 5) is 0. The first-order chi connectivity index (χ1) is 7.68. The molecular weight excluding hydrogens is 202 g/mol. The highest BCUT2D eigenvalue weighted by atomic mass is 16.5. The van der Waals surface area contributed by atoms with Gasteiger partial charge in [-0.25, -0.2) is 0 Å². The zero-order valence-electron chi connectivity index (χ0n) is 9.65. The molecule has 16 heavy (non-hydrogen) atoms. The molecule has 2 rings (SSSR count). The summed E-state index contributed by atoms with van der Waals surface area (Å²) in [5, 5.41) is 13.7. The van der Waals surface area contributed by atoms with Crippen molar-refractivity contribution in [1.29, 1.82) is 0 Å². The third-order valence-electron chi connectivity index (χ3n) is 3.03. The van der Waals surface area contributed by atoms with Crippen LogP contribution < -0.4 is 5.32 Å². The second-order valence-corrected chi connectivity index (χ2v) is 4.58. The summed E-state index contributed by atoms with van der Waals surface area (Å²) in [7, 11) is 0. The molecular formula is C13H19NO2. The van der Waals surface area contributed by atoms with E-state index < -0.39 is 5.60 Å². The van der Waals surface area contributed by atoms with Crippen LogP contribution in [0.1, 0.15) is 12.5 Å². The smallest absolute Gasteiger partial charge is 0.0987 e. The first-order valence-corrected chi connectivity index (χ1v) is 5.77. The quantitative estimate of drug-likeness (QED) is 0.799. The Kier molecular flexibility index (Phi) is 3.59. The van der Waals surface area contributed by atoms with Gasteiger partial charge in [-0.05, 0) is 12.5 Å². The van der Waals surface area contributed by atoms with Gasteiger partial charge in [-0.2, -0.15) is 0 Å². The number of benzene rings is 1.